The van der Waals surface area contributed by atoms with E-state index in [4.69, 9.17) is 21.1 Å². The Bertz CT molecular complexity index is 1160. The number of benzene rings is 2. The highest BCUT2D eigenvalue weighted by molar-refractivity contribution is 7.89. The van der Waals surface area contributed by atoms with E-state index in [1.54, 1.807) is 35.3 Å². The number of hydrogen-bond donors (Lipinski definition) is 0. The van der Waals surface area contributed by atoms with Gasteiger partial charge in [0.25, 0.3) is 0 Å². The summed E-state index contributed by atoms with van der Waals surface area (Å²) in [6, 6.07) is 8.58. The van der Waals surface area contributed by atoms with Crippen LogP contribution >= 0.6 is 11.6 Å². The van der Waals surface area contributed by atoms with Crippen molar-refractivity contribution in [2.45, 2.75) is 4.90 Å². The summed E-state index contributed by atoms with van der Waals surface area (Å²) in [6.07, 6.45) is 4.72. The predicted molar refractivity (Wildman–Crippen MR) is 124 cm³/mol. The first-order chi connectivity index (χ1) is 15.8. The van der Waals surface area contributed by atoms with Crippen LogP contribution in [-0.2, 0) is 14.8 Å². The molecule has 0 atom stereocenters. The minimum atomic E-state index is -3.83. The van der Waals surface area contributed by atoms with Crippen molar-refractivity contribution in [1.82, 2.24) is 9.21 Å². The molecule has 3 rings (SSSR count). The van der Waals surface area contributed by atoms with Crippen molar-refractivity contribution in [2.24, 2.45) is 0 Å². The number of rotatable bonds is 8. The molecule has 0 unspecified atom stereocenters. The topological polar surface area (TPSA) is 76.2 Å². The maximum absolute atomic E-state index is 13.4. The molecule has 0 bridgehead atoms. The number of carbonyl (C=O) groups is 1. The molecular formula is C23H24ClFN2O5S. The summed E-state index contributed by atoms with van der Waals surface area (Å²) in [5.41, 5.74) is 0.751. The molecule has 176 valence electrons. The van der Waals surface area contributed by atoms with E-state index in [9.17, 15) is 17.6 Å². The van der Waals surface area contributed by atoms with Crippen molar-refractivity contribution in [1.29, 1.82) is 0 Å². The van der Waals surface area contributed by atoms with Crippen molar-refractivity contribution < 1.29 is 27.1 Å². The van der Waals surface area contributed by atoms with Crippen molar-refractivity contribution >= 4 is 33.6 Å². The van der Waals surface area contributed by atoms with Gasteiger partial charge in [0.2, 0.25) is 15.9 Å². The Morgan fingerprint density at radius 1 is 1.15 bits per heavy atom. The molecule has 1 saturated heterocycles. The van der Waals surface area contributed by atoms with E-state index < -0.39 is 15.8 Å². The highest BCUT2D eigenvalue weighted by atomic mass is 35.5. The van der Waals surface area contributed by atoms with Crippen LogP contribution in [0, 0.1) is 5.82 Å². The monoisotopic (exact) mass is 494 g/mol. The fourth-order valence-corrected chi connectivity index (χ4v) is 4.96. The molecule has 33 heavy (non-hydrogen) atoms. The van der Waals surface area contributed by atoms with Crippen LogP contribution in [-0.4, -0.2) is 63.4 Å². The van der Waals surface area contributed by atoms with Crippen molar-refractivity contribution in [3.8, 4) is 11.5 Å². The predicted octanol–water partition coefficient (Wildman–Crippen LogP) is 3.60. The van der Waals surface area contributed by atoms with Crippen molar-refractivity contribution in [2.75, 3.05) is 39.9 Å². The summed E-state index contributed by atoms with van der Waals surface area (Å²) in [4.78, 5) is 14.1. The summed E-state index contributed by atoms with van der Waals surface area (Å²) in [5.74, 6) is 0.184. The lowest BCUT2D eigenvalue weighted by Crippen LogP contribution is -2.50. The zero-order chi connectivity index (χ0) is 24.0. The number of methoxy groups -OCH3 is 1. The van der Waals surface area contributed by atoms with Gasteiger partial charge in [-0.05, 0) is 42.0 Å². The Morgan fingerprint density at radius 3 is 2.52 bits per heavy atom. The first kappa shape index (κ1) is 24.8. The van der Waals surface area contributed by atoms with Gasteiger partial charge in [-0.3, -0.25) is 4.79 Å². The molecule has 1 heterocycles. The standard InChI is InChI=1S/C23H24ClFN2O5S/c1-3-14-32-21-8-4-17(15-22(21)31-2)5-9-23(28)26-10-12-27(13-11-26)33(29,30)18-6-7-20(25)19(24)16-18/h3-9,15-16H,1,10-14H2,2H3/b9-5+. The molecule has 1 aliphatic rings. The molecule has 0 saturated carbocycles. The summed E-state index contributed by atoms with van der Waals surface area (Å²) >= 11 is 5.72. The average molecular weight is 495 g/mol. The number of piperazine rings is 1. The van der Waals surface area contributed by atoms with E-state index in [1.165, 1.54) is 23.6 Å². The van der Waals surface area contributed by atoms with Crippen LogP contribution in [0.15, 0.2) is 60.0 Å². The molecule has 10 heteroatoms. The van der Waals surface area contributed by atoms with Gasteiger partial charge >= 0.3 is 0 Å². The number of hydrogen-bond acceptors (Lipinski definition) is 5. The number of sulfonamides is 1. The molecular weight excluding hydrogens is 471 g/mol. The van der Waals surface area contributed by atoms with Gasteiger partial charge in [0.05, 0.1) is 17.0 Å². The van der Waals surface area contributed by atoms with Gasteiger partial charge in [0.1, 0.15) is 12.4 Å². The fourth-order valence-electron chi connectivity index (χ4n) is 3.26. The van der Waals surface area contributed by atoms with Crippen LogP contribution in [0.2, 0.25) is 5.02 Å². The molecule has 7 nitrogen and oxygen atoms in total. The van der Waals surface area contributed by atoms with Crippen LogP contribution < -0.4 is 9.47 Å². The second-order valence-corrected chi connectivity index (χ2v) is 9.49. The van der Waals surface area contributed by atoms with Gasteiger partial charge in [-0.15, -0.1) is 0 Å². The Kier molecular flexibility index (Phi) is 8.12. The van der Waals surface area contributed by atoms with E-state index in [0.29, 0.717) is 18.1 Å². The van der Waals surface area contributed by atoms with E-state index in [2.05, 4.69) is 6.58 Å². The average Bonchev–Trinajstić information content (AvgIpc) is 2.83. The Balaban J connectivity index is 1.61. The number of halogens is 2. The van der Waals surface area contributed by atoms with Crippen LogP contribution in [0.1, 0.15) is 5.56 Å². The van der Waals surface area contributed by atoms with Gasteiger partial charge in [-0.2, -0.15) is 4.31 Å². The lowest BCUT2D eigenvalue weighted by Gasteiger charge is -2.33. The third kappa shape index (κ3) is 5.93. The molecule has 0 N–H and O–H groups in total. The van der Waals surface area contributed by atoms with Crippen molar-refractivity contribution in [3.63, 3.8) is 0 Å². The van der Waals surface area contributed by atoms with Gasteiger partial charge < -0.3 is 14.4 Å². The molecule has 1 aliphatic heterocycles. The van der Waals surface area contributed by atoms with E-state index in [0.717, 1.165) is 17.7 Å². The first-order valence-corrected chi connectivity index (χ1v) is 11.9. The van der Waals surface area contributed by atoms with E-state index in [1.807, 2.05) is 0 Å². The van der Waals surface area contributed by atoms with Gasteiger partial charge in [0.15, 0.2) is 11.5 Å². The molecule has 0 aliphatic carbocycles. The molecule has 0 radical (unpaired) electrons. The quantitative estimate of drug-likeness (QED) is 0.414. The summed E-state index contributed by atoms with van der Waals surface area (Å²) in [5, 5.41) is -0.257. The summed E-state index contributed by atoms with van der Waals surface area (Å²) < 4.78 is 51.0. The highest BCUT2D eigenvalue weighted by Gasteiger charge is 2.30. The fraction of sp³-hybridized carbons (Fsp3) is 0.261. The molecule has 1 fully saturated rings. The van der Waals surface area contributed by atoms with Gasteiger partial charge in [-0.25, -0.2) is 12.8 Å². The molecule has 0 spiro atoms. The Labute approximate surface area is 197 Å². The molecule has 1 amide bonds. The highest BCUT2D eigenvalue weighted by Crippen LogP contribution is 2.28. The zero-order valence-electron chi connectivity index (χ0n) is 18.0. The van der Waals surface area contributed by atoms with E-state index >= 15 is 0 Å². The molecule has 2 aromatic carbocycles. The maximum atomic E-state index is 13.4. The smallest absolute Gasteiger partial charge is 0.246 e. The van der Waals surface area contributed by atoms with Crippen LogP contribution in [0.25, 0.3) is 6.08 Å². The zero-order valence-corrected chi connectivity index (χ0v) is 19.6. The second-order valence-electron chi connectivity index (χ2n) is 7.15. The van der Waals surface area contributed by atoms with Crippen molar-refractivity contribution in [3.05, 3.63) is 71.5 Å². The number of ether oxygens (including phenoxy) is 2. The minimum Gasteiger partial charge on any atom is -0.493 e. The largest absolute Gasteiger partial charge is 0.493 e. The normalized spacial score (nSPS) is 14.9. The first-order valence-electron chi connectivity index (χ1n) is 10.1. The van der Waals surface area contributed by atoms with Gasteiger partial charge in [-0.1, -0.05) is 30.3 Å². The third-order valence-corrected chi connectivity index (χ3v) is 7.23. The lowest BCUT2D eigenvalue weighted by molar-refractivity contribution is -0.127. The number of carbonyl (C=O) groups excluding carboxylic acids is 1. The lowest BCUT2D eigenvalue weighted by atomic mass is 10.2. The SMILES string of the molecule is C=CCOc1ccc(/C=C/C(=O)N2CCN(S(=O)(=O)c3ccc(F)c(Cl)c3)CC2)cc1OC. The third-order valence-electron chi connectivity index (χ3n) is 5.04. The van der Waals surface area contributed by atoms with Gasteiger partial charge in [0, 0.05) is 32.3 Å². The number of nitrogens with zero attached hydrogens (tertiary/aromatic N) is 2. The van der Waals surface area contributed by atoms with Crippen LogP contribution in [0.3, 0.4) is 0 Å². The maximum Gasteiger partial charge on any atom is 0.246 e. The summed E-state index contributed by atoms with van der Waals surface area (Å²) in [6.45, 7) is 4.67. The minimum absolute atomic E-state index is 0.0805. The Morgan fingerprint density at radius 2 is 1.88 bits per heavy atom. The molecule has 0 aromatic heterocycles. The summed E-state index contributed by atoms with van der Waals surface area (Å²) in [7, 11) is -2.30. The molecule has 2 aromatic rings. The Hall–Kier alpha value is -2.88. The van der Waals surface area contributed by atoms with Crippen LogP contribution in [0.5, 0.6) is 11.5 Å². The number of amides is 1. The second kappa shape index (κ2) is 10.8. The van der Waals surface area contributed by atoms with E-state index in [-0.39, 0.29) is 42.0 Å². The van der Waals surface area contributed by atoms with Crippen LogP contribution in [0.4, 0.5) is 4.39 Å².